The molecule has 0 aliphatic carbocycles. The van der Waals surface area contributed by atoms with Crippen LogP contribution in [0, 0.1) is 5.82 Å². The lowest BCUT2D eigenvalue weighted by molar-refractivity contribution is 0.284. The molecule has 4 aromatic rings. The first-order chi connectivity index (χ1) is 17.0. The van der Waals surface area contributed by atoms with Crippen LogP contribution in [-0.4, -0.2) is 39.6 Å². The molecular formula is C24H22Cl2FN5O2S. The van der Waals surface area contributed by atoms with Gasteiger partial charge in [-0.05, 0) is 46.3 Å². The van der Waals surface area contributed by atoms with Gasteiger partial charge in [-0.2, -0.15) is 4.68 Å². The van der Waals surface area contributed by atoms with Crippen LogP contribution in [0.15, 0.2) is 65.8 Å². The highest BCUT2D eigenvalue weighted by Crippen LogP contribution is 2.34. The van der Waals surface area contributed by atoms with Crippen LogP contribution < -0.4 is 14.8 Å². The summed E-state index contributed by atoms with van der Waals surface area (Å²) >= 11 is 14.1. The van der Waals surface area contributed by atoms with Crippen molar-refractivity contribution in [2.24, 2.45) is 0 Å². The van der Waals surface area contributed by atoms with Crippen molar-refractivity contribution in [3.8, 4) is 17.2 Å². The van der Waals surface area contributed by atoms with E-state index in [1.807, 2.05) is 36.4 Å². The van der Waals surface area contributed by atoms with Crippen molar-refractivity contribution in [1.82, 2.24) is 25.5 Å². The number of ether oxygens (including phenoxy) is 2. The molecule has 0 saturated heterocycles. The molecule has 0 aliphatic heterocycles. The predicted molar refractivity (Wildman–Crippen MR) is 135 cm³/mol. The Bertz CT molecular complexity index is 1280. The summed E-state index contributed by atoms with van der Waals surface area (Å²) in [5, 5.41) is 16.9. The first-order valence-corrected chi connectivity index (χ1v) is 12.4. The van der Waals surface area contributed by atoms with Crippen LogP contribution in [0.1, 0.15) is 11.1 Å². The molecule has 0 fully saturated rings. The summed E-state index contributed by atoms with van der Waals surface area (Å²) in [6.45, 7) is 1.42. The zero-order valence-electron chi connectivity index (χ0n) is 18.7. The highest BCUT2D eigenvalue weighted by molar-refractivity contribution is 7.99. The van der Waals surface area contributed by atoms with Crippen molar-refractivity contribution in [3.05, 3.63) is 87.7 Å². The zero-order chi connectivity index (χ0) is 24.6. The van der Waals surface area contributed by atoms with Crippen LogP contribution in [0.4, 0.5) is 4.39 Å². The molecule has 0 saturated carbocycles. The molecule has 0 spiro atoms. The van der Waals surface area contributed by atoms with E-state index in [0.717, 1.165) is 22.2 Å². The van der Waals surface area contributed by atoms with E-state index < -0.39 is 5.82 Å². The van der Waals surface area contributed by atoms with Crippen LogP contribution in [0.2, 0.25) is 10.0 Å². The van der Waals surface area contributed by atoms with Crippen molar-refractivity contribution in [3.63, 3.8) is 0 Å². The number of aromatic nitrogens is 4. The summed E-state index contributed by atoms with van der Waals surface area (Å²) < 4.78 is 26.3. The largest absolute Gasteiger partial charge is 0.493 e. The summed E-state index contributed by atoms with van der Waals surface area (Å²) in [5.74, 6) is 1.39. The summed E-state index contributed by atoms with van der Waals surface area (Å²) in [7, 11) is 1.56. The monoisotopic (exact) mass is 533 g/mol. The highest BCUT2D eigenvalue weighted by atomic mass is 35.5. The number of thioether (sulfide) groups is 1. The fourth-order valence-electron chi connectivity index (χ4n) is 3.22. The van der Waals surface area contributed by atoms with Gasteiger partial charge in [-0.1, -0.05) is 59.2 Å². The summed E-state index contributed by atoms with van der Waals surface area (Å²) in [6.07, 6.45) is 0. The van der Waals surface area contributed by atoms with Gasteiger partial charge in [-0.3, -0.25) is 0 Å². The summed E-state index contributed by atoms with van der Waals surface area (Å²) in [5.41, 5.74) is 2.44. The third-order valence-corrected chi connectivity index (χ3v) is 6.62. The van der Waals surface area contributed by atoms with Crippen LogP contribution in [0.5, 0.6) is 11.5 Å². The minimum absolute atomic E-state index is 0.156. The average molecular weight is 534 g/mol. The molecule has 35 heavy (non-hydrogen) atoms. The molecule has 0 unspecified atom stereocenters. The molecule has 0 amide bonds. The number of methoxy groups -OCH3 is 1. The minimum Gasteiger partial charge on any atom is -0.493 e. The smallest absolute Gasteiger partial charge is 0.214 e. The van der Waals surface area contributed by atoms with E-state index in [9.17, 15) is 4.39 Å². The molecule has 0 aliphatic rings. The van der Waals surface area contributed by atoms with Crippen molar-refractivity contribution in [2.45, 2.75) is 18.3 Å². The second kappa shape index (κ2) is 12.2. The topological polar surface area (TPSA) is 74.1 Å². The maximum Gasteiger partial charge on any atom is 0.214 e. The number of hydrogen-bond donors (Lipinski definition) is 1. The van der Waals surface area contributed by atoms with Crippen LogP contribution in [0.3, 0.4) is 0 Å². The number of hydrogen-bond acceptors (Lipinski definition) is 7. The molecule has 4 rings (SSSR count). The Kier molecular flexibility index (Phi) is 8.81. The molecule has 11 heteroatoms. The number of tetrazole rings is 1. The summed E-state index contributed by atoms with van der Waals surface area (Å²) in [6, 6.07) is 17.5. The molecule has 1 heterocycles. The number of halogens is 3. The Balaban J connectivity index is 1.30. The van der Waals surface area contributed by atoms with Gasteiger partial charge in [0.15, 0.2) is 11.5 Å². The maximum absolute atomic E-state index is 13.3. The van der Waals surface area contributed by atoms with E-state index in [-0.39, 0.29) is 6.61 Å². The van der Waals surface area contributed by atoms with Gasteiger partial charge in [-0.15, -0.1) is 5.10 Å². The first kappa shape index (κ1) is 25.2. The quantitative estimate of drug-likeness (QED) is 0.199. The summed E-state index contributed by atoms with van der Waals surface area (Å²) in [4.78, 5) is 0. The molecule has 0 atom stereocenters. The minimum atomic E-state index is -0.399. The van der Waals surface area contributed by atoms with Gasteiger partial charge >= 0.3 is 0 Å². The molecule has 1 aromatic heterocycles. The second-order valence-corrected chi connectivity index (χ2v) is 9.23. The zero-order valence-corrected chi connectivity index (χ0v) is 21.1. The Morgan fingerprint density at radius 1 is 1.00 bits per heavy atom. The van der Waals surface area contributed by atoms with Gasteiger partial charge < -0.3 is 14.8 Å². The van der Waals surface area contributed by atoms with E-state index in [1.165, 1.54) is 12.1 Å². The number of nitrogens with zero attached hydrogens (tertiary/aromatic N) is 4. The van der Waals surface area contributed by atoms with E-state index >= 15 is 0 Å². The lowest BCUT2D eigenvalue weighted by atomic mass is 10.2. The van der Waals surface area contributed by atoms with Gasteiger partial charge in [0.1, 0.15) is 12.4 Å². The maximum atomic E-state index is 13.3. The van der Waals surface area contributed by atoms with Crippen LogP contribution >= 0.6 is 35.0 Å². The van der Waals surface area contributed by atoms with E-state index in [2.05, 4.69) is 20.8 Å². The average Bonchev–Trinajstić information content (AvgIpc) is 3.33. The van der Waals surface area contributed by atoms with Crippen molar-refractivity contribution >= 4 is 35.0 Å². The Morgan fingerprint density at radius 3 is 2.57 bits per heavy atom. The van der Waals surface area contributed by atoms with Crippen LogP contribution in [0.25, 0.3) is 5.69 Å². The molecule has 7 nitrogen and oxygen atoms in total. The molecule has 3 aromatic carbocycles. The SMILES string of the molecule is COc1cc(CNCCSc2nnnn2-c2ccccc2)c(Cl)cc1OCc1ccc(F)cc1Cl. The van der Waals surface area contributed by atoms with Gasteiger partial charge in [0.25, 0.3) is 0 Å². The normalized spacial score (nSPS) is 11.0. The lowest BCUT2D eigenvalue weighted by Crippen LogP contribution is -2.17. The molecule has 1 N–H and O–H groups in total. The molecule has 0 bridgehead atoms. The van der Waals surface area contributed by atoms with Crippen molar-refractivity contribution in [2.75, 3.05) is 19.4 Å². The molecule has 0 radical (unpaired) electrons. The van der Waals surface area contributed by atoms with Crippen molar-refractivity contribution < 1.29 is 13.9 Å². The number of rotatable bonds is 11. The van der Waals surface area contributed by atoms with Crippen LogP contribution in [-0.2, 0) is 13.2 Å². The van der Waals surface area contributed by atoms with E-state index in [1.54, 1.807) is 35.7 Å². The third-order valence-electron chi connectivity index (χ3n) is 5.00. The van der Waals surface area contributed by atoms with Crippen molar-refractivity contribution in [1.29, 1.82) is 0 Å². The molecule has 182 valence electrons. The molecular weight excluding hydrogens is 512 g/mol. The predicted octanol–water partition coefficient (Wildman–Crippen LogP) is 5.58. The Morgan fingerprint density at radius 2 is 1.80 bits per heavy atom. The van der Waals surface area contributed by atoms with Gasteiger partial charge in [0.05, 0.1) is 17.8 Å². The first-order valence-electron chi connectivity index (χ1n) is 10.7. The van der Waals surface area contributed by atoms with E-state index in [0.29, 0.717) is 40.2 Å². The number of para-hydroxylation sites is 1. The Labute approximate surface area is 216 Å². The van der Waals surface area contributed by atoms with E-state index in [4.69, 9.17) is 32.7 Å². The Hall–Kier alpha value is -2.85. The fourth-order valence-corrected chi connectivity index (χ4v) is 4.45. The fraction of sp³-hybridized carbons (Fsp3) is 0.208. The van der Waals surface area contributed by atoms with Gasteiger partial charge in [0, 0.05) is 35.5 Å². The standard InChI is InChI=1S/C24H22Cl2FN5O2S/c1-33-22-11-17(21(26)13-23(22)34-15-16-7-8-18(27)12-20(16)25)14-28-9-10-35-24-29-30-31-32(24)19-5-3-2-4-6-19/h2-8,11-13,28H,9-10,14-15H2,1H3. The number of nitrogens with one attached hydrogen (secondary N) is 1. The second-order valence-electron chi connectivity index (χ2n) is 7.35. The van der Waals surface area contributed by atoms with Gasteiger partial charge in [0.2, 0.25) is 5.16 Å². The highest BCUT2D eigenvalue weighted by Gasteiger charge is 2.13. The third kappa shape index (κ3) is 6.64. The lowest BCUT2D eigenvalue weighted by Gasteiger charge is -2.15. The number of benzene rings is 3. The van der Waals surface area contributed by atoms with Gasteiger partial charge in [-0.25, -0.2) is 4.39 Å².